The maximum atomic E-state index is 12.5. The predicted molar refractivity (Wildman–Crippen MR) is 136 cm³/mol. The standard InChI is InChI=1S/C26H28N2O7S/c1-32-22-8-10-23(11-9-22)33-14-13-27-26(29)20-5-3-19(4-6-20)18-28(36(2,30)31)21-7-12-24-25(17-21)35-16-15-34-24/h3-12,17H,13-16,18H2,1-2H3,(H,27,29). The van der Waals surface area contributed by atoms with Crippen LogP contribution in [-0.4, -0.2) is 54.1 Å². The molecule has 0 radical (unpaired) electrons. The lowest BCUT2D eigenvalue weighted by Crippen LogP contribution is -2.30. The van der Waals surface area contributed by atoms with Crippen molar-refractivity contribution < 1.29 is 32.2 Å². The molecule has 0 aromatic heterocycles. The van der Waals surface area contributed by atoms with Crippen LogP contribution in [0, 0.1) is 0 Å². The van der Waals surface area contributed by atoms with E-state index in [0.29, 0.717) is 54.9 Å². The Balaban J connectivity index is 1.34. The maximum Gasteiger partial charge on any atom is 0.251 e. The molecule has 3 aromatic rings. The molecule has 36 heavy (non-hydrogen) atoms. The highest BCUT2D eigenvalue weighted by Crippen LogP contribution is 2.35. The number of nitrogens with zero attached hydrogens (tertiary/aromatic N) is 1. The van der Waals surface area contributed by atoms with Crippen molar-refractivity contribution in [3.63, 3.8) is 0 Å². The third-order valence-electron chi connectivity index (χ3n) is 5.47. The van der Waals surface area contributed by atoms with Crippen LogP contribution in [0.15, 0.2) is 66.7 Å². The van der Waals surface area contributed by atoms with E-state index in [1.807, 2.05) is 0 Å². The van der Waals surface area contributed by atoms with Crippen molar-refractivity contribution in [2.75, 3.05) is 44.0 Å². The normalized spacial score (nSPS) is 12.5. The molecule has 1 aliphatic heterocycles. The molecular weight excluding hydrogens is 484 g/mol. The zero-order valence-corrected chi connectivity index (χ0v) is 20.9. The van der Waals surface area contributed by atoms with Gasteiger partial charge in [-0.15, -0.1) is 0 Å². The molecule has 0 saturated carbocycles. The van der Waals surface area contributed by atoms with Crippen molar-refractivity contribution in [3.05, 3.63) is 77.9 Å². The Labute approximate surface area is 210 Å². The minimum atomic E-state index is -3.57. The van der Waals surface area contributed by atoms with Crippen LogP contribution in [0.5, 0.6) is 23.0 Å². The quantitative estimate of drug-likeness (QED) is 0.416. The number of nitrogens with one attached hydrogen (secondary N) is 1. The maximum absolute atomic E-state index is 12.5. The van der Waals surface area contributed by atoms with Gasteiger partial charge in [0, 0.05) is 11.6 Å². The first-order valence-electron chi connectivity index (χ1n) is 11.3. The molecule has 10 heteroatoms. The van der Waals surface area contributed by atoms with E-state index in [9.17, 15) is 13.2 Å². The number of carbonyl (C=O) groups is 1. The van der Waals surface area contributed by atoms with Gasteiger partial charge in [-0.3, -0.25) is 9.10 Å². The lowest BCUT2D eigenvalue weighted by Gasteiger charge is -2.25. The molecule has 4 rings (SSSR count). The molecule has 0 bridgehead atoms. The summed E-state index contributed by atoms with van der Waals surface area (Å²) in [6, 6.07) is 19.0. The van der Waals surface area contributed by atoms with Crippen LogP contribution < -0.4 is 28.6 Å². The number of ether oxygens (including phenoxy) is 4. The van der Waals surface area contributed by atoms with Crippen molar-refractivity contribution in [2.24, 2.45) is 0 Å². The number of carbonyl (C=O) groups excluding carboxylic acids is 1. The third kappa shape index (κ3) is 6.39. The van der Waals surface area contributed by atoms with E-state index in [4.69, 9.17) is 18.9 Å². The Morgan fingerprint density at radius 3 is 2.28 bits per heavy atom. The molecule has 1 amide bonds. The number of sulfonamides is 1. The number of hydrogen-bond acceptors (Lipinski definition) is 7. The van der Waals surface area contributed by atoms with Crippen LogP contribution >= 0.6 is 0 Å². The summed E-state index contributed by atoms with van der Waals surface area (Å²) in [5.41, 5.74) is 1.67. The molecule has 0 atom stereocenters. The fourth-order valence-corrected chi connectivity index (χ4v) is 4.50. The Bertz CT molecular complexity index is 1290. The molecule has 0 unspecified atom stereocenters. The largest absolute Gasteiger partial charge is 0.497 e. The summed E-state index contributed by atoms with van der Waals surface area (Å²) in [6.45, 7) is 1.62. The van der Waals surface area contributed by atoms with E-state index < -0.39 is 10.0 Å². The van der Waals surface area contributed by atoms with E-state index in [1.54, 1.807) is 73.8 Å². The van der Waals surface area contributed by atoms with E-state index in [-0.39, 0.29) is 12.5 Å². The zero-order chi connectivity index (χ0) is 25.5. The molecule has 9 nitrogen and oxygen atoms in total. The predicted octanol–water partition coefficient (Wildman–Crippen LogP) is 3.24. The molecule has 190 valence electrons. The van der Waals surface area contributed by atoms with Crippen LogP contribution in [0.3, 0.4) is 0 Å². The minimum absolute atomic E-state index is 0.107. The molecule has 0 fully saturated rings. The van der Waals surface area contributed by atoms with Gasteiger partial charge in [-0.05, 0) is 54.1 Å². The molecule has 3 aromatic carbocycles. The van der Waals surface area contributed by atoms with Crippen LogP contribution in [0.25, 0.3) is 0 Å². The summed E-state index contributed by atoms with van der Waals surface area (Å²) in [5.74, 6) is 2.28. The highest BCUT2D eigenvalue weighted by molar-refractivity contribution is 7.92. The van der Waals surface area contributed by atoms with Crippen LogP contribution in [0.1, 0.15) is 15.9 Å². The molecule has 0 aliphatic carbocycles. The number of hydrogen-bond donors (Lipinski definition) is 1. The van der Waals surface area contributed by atoms with Gasteiger partial charge >= 0.3 is 0 Å². The molecule has 0 saturated heterocycles. The lowest BCUT2D eigenvalue weighted by molar-refractivity contribution is 0.0947. The van der Waals surface area contributed by atoms with Gasteiger partial charge in [-0.25, -0.2) is 8.42 Å². The number of fused-ring (bicyclic) bond motifs is 1. The van der Waals surface area contributed by atoms with E-state index >= 15 is 0 Å². The van der Waals surface area contributed by atoms with Crippen molar-refractivity contribution in [2.45, 2.75) is 6.54 Å². The number of benzene rings is 3. The number of rotatable bonds is 10. The van der Waals surface area contributed by atoms with E-state index in [0.717, 1.165) is 17.6 Å². The van der Waals surface area contributed by atoms with E-state index in [2.05, 4.69) is 5.32 Å². The van der Waals surface area contributed by atoms with Gasteiger partial charge < -0.3 is 24.3 Å². The average Bonchev–Trinajstić information content (AvgIpc) is 2.89. The number of methoxy groups -OCH3 is 1. The van der Waals surface area contributed by atoms with Gasteiger partial charge in [0.1, 0.15) is 31.3 Å². The van der Waals surface area contributed by atoms with Gasteiger partial charge in [0.25, 0.3) is 5.91 Å². The zero-order valence-electron chi connectivity index (χ0n) is 20.1. The lowest BCUT2D eigenvalue weighted by atomic mass is 10.1. The molecule has 1 N–H and O–H groups in total. The number of amides is 1. The second-order valence-corrected chi connectivity index (χ2v) is 9.98. The molecule has 0 spiro atoms. The second-order valence-electron chi connectivity index (χ2n) is 8.07. The highest BCUT2D eigenvalue weighted by Gasteiger charge is 2.21. The first kappa shape index (κ1) is 25.2. The summed E-state index contributed by atoms with van der Waals surface area (Å²) < 4.78 is 48.2. The summed E-state index contributed by atoms with van der Waals surface area (Å²) >= 11 is 0. The fourth-order valence-electron chi connectivity index (χ4n) is 3.62. The van der Waals surface area contributed by atoms with Crippen molar-refractivity contribution in [3.8, 4) is 23.0 Å². The Morgan fingerprint density at radius 1 is 0.944 bits per heavy atom. The minimum Gasteiger partial charge on any atom is -0.497 e. The van der Waals surface area contributed by atoms with Gasteiger partial charge in [-0.2, -0.15) is 0 Å². The van der Waals surface area contributed by atoms with Gasteiger partial charge in [0.2, 0.25) is 10.0 Å². The topological polar surface area (TPSA) is 103 Å². The number of anilines is 1. The van der Waals surface area contributed by atoms with Crippen LogP contribution in [-0.2, 0) is 16.6 Å². The molecule has 1 heterocycles. The van der Waals surface area contributed by atoms with E-state index in [1.165, 1.54) is 4.31 Å². The fraction of sp³-hybridized carbons (Fsp3) is 0.269. The first-order valence-corrected chi connectivity index (χ1v) is 13.2. The highest BCUT2D eigenvalue weighted by atomic mass is 32.2. The Morgan fingerprint density at radius 2 is 1.61 bits per heavy atom. The van der Waals surface area contributed by atoms with Gasteiger partial charge in [-0.1, -0.05) is 12.1 Å². The summed E-state index contributed by atoms with van der Waals surface area (Å²) in [4.78, 5) is 12.5. The molecule has 1 aliphatic rings. The monoisotopic (exact) mass is 512 g/mol. The van der Waals surface area contributed by atoms with Crippen molar-refractivity contribution >= 4 is 21.6 Å². The first-order chi connectivity index (χ1) is 17.3. The van der Waals surface area contributed by atoms with Crippen molar-refractivity contribution in [1.29, 1.82) is 0 Å². The Kier molecular flexibility index (Phi) is 7.84. The van der Waals surface area contributed by atoms with Crippen LogP contribution in [0.2, 0.25) is 0 Å². The van der Waals surface area contributed by atoms with Crippen molar-refractivity contribution in [1.82, 2.24) is 5.32 Å². The molecular formula is C26H28N2O7S. The average molecular weight is 513 g/mol. The third-order valence-corrected chi connectivity index (χ3v) is 6.61. The van der Waals surface area contributed by atoms with Crippen LogP contribution in [0.4, 0.5) is 5.69 Å². The summed E-state index contributed by atoms with van der Waals surface area (Å²) in [5, 5.41) is 2.81. The van der Waals surface area contributed by atoms with Gasteiger partial charge in [0.15, 0.2) is 11.5 Å². The SMILES string of the molecule is COc1ccc(OCCNC(=O)c2ccc(CN(c3ccc4c(c3)OCCO4)S(C)(=O)=O)cc2)cc1. The summed E-state index contributed by atoms with van der Waals surface area (Å²) in [6.07, 6.45) is 1.15. The van der Waals surface area contributed by atoms with Gasteiger partial charge in [0.05, 0.1) is 32.1 Å². The second kappa shape index (κ2) is 11.2. The Hall–Kier alpha value is -3.92. The summed E-state index contributed by atoms with van der Waals surface area (Å²) in [7, 11) is -1.98. The smallest absolute Gasteiger partial charge is 0.251 e.